The molecule has 4 aromatic rings. The molecule has 2 aromatic heterocycles. The van der Waals surface area contributed by atoms with Crippen molar-refractivity contribution in [2.45, 2.75) is 31.5 Å². The van der Waals surface area contributed by atoms with Crippen molar-refractivity contribution in [1.29, 1.82) is 0 Å². The summed E-state index contributed by atoms with van der Waals surface area (Å²) in [6.07, 6.45) is -2.70. The SMILES string of the molecule is O=C(O)CC1CCCN(CC(O)c2ccc(-c3noc(-c4cnn(-c5ccc(Cl)cc5)c4C(F)(F)F)n3)cc2)C1. The number of aliphatic hydroxyl groups excluding tert-OH is 1. The fraction of sp³-hybridized carbons (Fsp3) is 0.333. The van der Waals surface area contributed by atoms with Crippen LogP contribution in [-0.2, 0) is 11.0 Å². The number of aromatic nitrogens is 4. The first kappa shape index (κ1) is 27.8. The van der Waals surface area contributed by atoms with E-state index in [1.807, 2.05) is 0 Å². The summed E-state index contributed by atoms with van der Waals surface area (Å²) >= 11 is 5.86. The summed E-state index contributed by atoms with van der Waals surface area (Å²) in [7, 11) is 0. The molecule has 13 heteroatoms. The third-order valence-corrected chi connectivity index (χ3v) is 7.07. The van der Waals surface area contributed by atoms with Crippen molar-refractivity contribution < 1.29 is 32.7 Å². The Kier molecular flexibility index (Phi) is 7.92. The van der Waals surface area contributed by atoms with Gasteiger partial charge in [-0.3, -0.25) is 4.79 Å². The molecule has 0 aliphatic carbocycles. The van der Waals surface area contributed by atoms with Crippen LogP contribution in [0.15, 0.2) is 59.3 Å². The number of aliphatic hydroxyl groups is 1. The van der Waals surface area contributed by atoms with Gasteiger partial charge in [0.25, 0.3) is 5.89 Å². The number of nitrogens with zero attached hydrogens (tertiary/aromatic N) is 5. The van der Waals surface area contributed by atoms with Crippen LogP contribution in [0, 0.1) is 5.92 Å². The molecule has 0 saturated carbocycles. The fourth-order valence-corrected chi connectivity index (χ4v) is 5.07. The minimum atomic E-state index is -4.76. The Bertz CT molecular complexity index is 1470. The first-order valence-electron chi connectivity index (χ1n) is 12.6. The predicted molar refractivity (Wildman–Crippen MR) is 139 cm³/mol. The van der Waals surface area contributed by atoms with Gasteiger partial charge in [-0.25, -0.2) is 4.68 Å². The van der Waals surface area contributed by atoms with Crippen LogP contribution in [0.1, 0.15) is 36.6 Å². The number of carboxylic acids is 1. The molecule has 1 fully saturated rings. The van der Waals surface area contributed by atoms with Gasteiger partial charge < -0.3 is 19.6 Å². The summed E-state index contributed by atoms with van der Waals surface area (Å²) in [6.45, 7) is 1.76. The lowest BCUT2D eigenvalue weighted by Gasteiger charge is -2.33. The van der Waals surface area contributed by atoms with Crippen molar-refractivity contribution in [2.75, 3.05) is 19.6 Å². The maximum absolute atomic E-state index is 14.1. The van der Waals surface area contributed by atoms with E-state index in [0.29, 0.717) is 29.2 Å². The van der Waals surface area contributed by atoms with E-state index in [-0.39, 0.29) is 35.3 Å². The lowest BCUT2D eigenvalue weighted by Crippen LogP contribution is -2.38. The third-order valence-electron chi connectivity index (χ3n) is 6.82. The molecule has 0 amide bonds. The maximum atomic E-state index is 14.1. The number of carboxylic acid groups (broad SMARTS) is 1. The number of benzene rings is 2. The maximum Gasteiger partial charge on any atom is 0.434 e. The van der Waals surface area contributed by atoms with Crippen LogP contribution >= 0.6 is 11.6 Å². The molecular weight excluding hydrogens is 551 g/mol. The number of piperidine rings is 1. The van der Waals surface area contributed by atoms with Gasteiger partial charge >= 0.3 is 12.1 Å². The van der Waals surface area contributed by atoms with Crippen molar-refractivity contribution in [3.05, 3.63) is 71.0 Å². The molecule has 1 saturated heterocycles. The molecule has 1 aliphatic heterocycles. The van der Waals surface area contributed by atoms with E-state index < -0.39 is 23.9 Å². The van der Waals surface area contributed by atoms with Crippen LogP contribution < -0.4 is 0 Å². The molecule has 5 rings (SSSR count). The highest BCUT2D eigenvalue weighted by Crippen LogP contribution is 2.38. The summed E-state index contributed by atoms with van der Waals surface area (Å²) < 4.78 is 48.1. The Morgan fingerprint density at radius 2 is 1.88 bits per heavy atom. The highest BCUT2D eigenvalue weighted by molar-refractivity contribution is 6.30. The van der Waals surface area contributed by atoms with Gasteiger partial charge in [-0.2, -0.15) is 23.3 Å². The molecule has 3 heterocycles. The molecule has 1 aliphatic rings. The first-order valence-corrected chi connectivity index (χ1v) is 12.9. The van der Waals surface area contributed by atoms with E-state index in [1.54, 1.807) is 24.3 Å². The molecule has 210 valence electrons. The van der Waals surface area contributed by atoms with Crippen molar-refractivity contribution in [1.82, 2.24) is 24.8 Å². The molecule has 9 nitrogen and oxygen atoms in total. The lowest BCUT2D eigenvalue weighted by atomic mass is 9.94. The summed E-state index contributed by atoms with van der Waals surface area (Å²) in [5.41, 5.74) is -0.137. The molecule has 40 heavy (non-hydrogen) atoms. The van der Waals surface area contributed by atoms with Gasteiger partial charge in [0.15, 0.2) is 5.69 Å². The normalized spacial score (nSPS) is 17.2. The van der Waals surface area contributed by atoms with Gasteiger partial charge in [0.2, 0.25) is 5.82 Å². The van der Waals surface area contributed by atoms with Gasteiger partial charge in [0.1, 0.15) is 0 Å². The number of hydrogen-bond donors (Lipinski definition) is 2. The number of likely N-dealkylation sites (tertiary alicyclic amines) is 1. The standard InChI is InChI=1S/C27H25ClF3N5O4/c28-19-7-9-20(10-8-19)36-24(27(29,30)31)21(13-32-36)26-33-25(34-40-26)18-5-3-17(4-6-18)22(37)15-35-11-1-2-16(14-35)12-23(38)39/h3-10,13,16,22,37H,1-2,11-12,14-15H2,(H,38,39). The van der Waals surface area contributed by atoms with E-state index in [1.165, 1.54) is 24.3 Å². The molecule has 2 N–H and O–H groups in total. The van der Waals surface area contributed by atoms with Crippen LogP contribution in [0.3, 0.4) is 0 Å². The molecule has 0 radical (unpaired) electrons. The lowest BCUT2D eigenvalue weighted by molar-refractivity contribution is -0.142. The van der Waals surface area contributed by atoms with Gasteiger partial charge in [-0.15, -0.1) is 0 Å². The molecule has 2 atom stereocenters. The van der Waals surface area contributed by atoms with E-state index in [4.69, 9.17) is 21.2 Å². The quantitative estimate of drug-likeness (QED) is 0.284. The zero-order valence-corrected chi connectivity index (χ0v) is 21.8. The van der Waals surface area contributed by atoms with Crippen molar-refractivity contribution in [3.63, 3.8) is 0 Å². The zero-order valence-electron chi connectivity index (χ0n) is 21.1. The highest BCUT2D eigenvalue weighted by atomic mass is 35.5. The number of halogens is 4. The second kappa shape index (κ2) is 11.4. The average Bonchev–Trinajstić information content (AvgIpc) is 3.57. The van der Waals surface area contributed by atoms with E-state index >= 15 is 0 Å². The van der Waals surface area contributed by atoms with E-state index in [9.17, 15) is 23.1 Å². The third kappa shape index (κ3) is 6.19. The monoisotopic (exact) mass is 575 g/mol. The summed E-state index contributed by atoms with van der Waals surface area (Å²) in [6, 6.07) is 12.4. The van der Waals surface area contributed by atoms with Gasteiger partial charge in [-0.1, -0.05) is 41.0 Å². The Hall–Kier alpha value is -3.74. The molecule has 2 unspecified atom stereocenters. The van der Waals surface area contributed by atoms with Crippen molar-refractivity contribution in [2.24, 2.45) is 5.92 Å². The molecular formula is C27H25ClF3N5O4. The largest absolute Gasteiger partial charge is 0.481 e. The Labute approximate surface area is 231 Å². The Balaban J connectivity index is 1.32. The second-order valence-electron chi connectivity index (χ2n) is 9.72. The summed E-state index contributed by atoms with van der Waals surface area (Å²) in [5.74, 6) is -1.02. The number of β-amino-alcohol motifs (C(OH)–C–C–N with tert-alkyl or cyclic N) is 1. The number of carbonyl (C=O) groups is 1. The number of rotatable bonds is 8. The van der Waals surface area contributed by atoms with Crippen molar-refractivity contribution >= 4 is 17.6 Å². The highest BCUT2D eigenvalue weighted by Gasteiger charge is 2.40. The van der Waals surface area contributed by atoms with Crippen LogP contribution in [0.2, 0.25) is 5.02 Å². The van der Waals surface area contributed by atoms with Crippen LogP contribution in [-0.4, -0.2) is 60.6 Å². The minimum absolute atomic E-state index is 0.0596. The van der Waals surface area contributed by atoms with Gasteiger partial charge in [-0.05, 0) is 55.1 Å². The average molecular weight is 576 g/mol. The topological polar surface area (TPSA) is 118 Å². The molecule has 0 spiro atoms. The van der Waals surface area contributed by atoms with Crippen LogP contribution in [0.25, 0.3) is 28.5 Å². The minimum Gasteiger partial charge on any atom is -0.481 e. The summed E-state index contributed by atoms with van der Waals surface area (Å²) in [5, 5.41) is 27.9. The second-order valence-corrected chi connectivity index (χ2v) is 10.2. The molecule has 2 aromatic carbocycles. The smallest absolute Gasteiger partial charge is 0.434 e. The van der Waals surface area contributed by atoms with Crippen LogP contribution in [0.5, 0.6) is 0 Å². The Morgan fingerprint density at radius 1 is 1.15 bits per heavy atom. The van der Waals surface area contributed by atoms with Gasteiger partial charge in [0, 0.05) is 30.1 Å². The number of alkyl halides is 3. The van der Waals surface area contributed by atoms with Gasteiger partial charge in [0.05, 0.1) is 23.6 Å². The zero-order chi connectivity index (χ0) is 28.4. The fourth-order valence-electron chi connectivity index (χ4n) is 4.94. The number of hydrogen-bond acceptors (Lipinski definition) is 7. The number of aliphatic carboxylic acids is 1. The molecule has 0 bridgehead atoms. The Morgan fingerprint density at radius 3 is 2.55 bits per heavy atom. The van der Waals surface area contributed by atoms with Crippen molar-refractivity contribution in [3.8, 4) is 28.5 Å². The summed E-state index contributed by atoms with van der Waals surface area (Å²) in [4.78, 5) is 17.3. The van der Waals surface area contributed by atoms with E-state index in [2.05, 4.69) is 20.1 Å². The predicted octanol–water partition coefficient (Wildman–Crippen LogP) is 5.48. The first-order chi connectivity index (χ1) is 19.1. The van der Waals surface area contributed by atoms with E-state index in [0.717, 1.165) is 30.3 Å². The van der Waals surface area contributed by atoms with Crippen LogP contribution in [0.4, 0.5) is 13.2 Å².